The molecular formula is C10H17N3O2. The minimum atomic E-state index is -0.204. The van der Waals surface area contributed by atoms with E-state index >= 15 is 0 Å². The third-order valence-electron chi connectivity index (χ3n) is 2.30. The zero-order valence-corrected chi connectivity index (χ0v) is 9.29. The lowest BCUT2D eigenvalue weighted by atomic mass is 10.1. The summed E-state index contributed by atoms with van der Waals surface area (Å²) >= 11 is 0. The first kappa shape index (κ1) is 11.7. The number of aromatic nitrogens is 2. The average molecular weight is 211 g/mol. The fraction of sp³-hybridized carbons (Fsp3) is 0.600. The molecule has 0 aliphatic heterocycles. The van der Waals surface area contributed by atoms with E-state index in [0.717, 1.165) is 17.0 Å². The van der Waals surface area contributed by atoms with Gasteiger partial charge < -0.3 is 10.4 Å². The molecule has 5 nitrogen and oxygen atoms in total. The second-order valence-corrected chi connectivity index (χ2v) is 3.74. The van der Waals surface area contributed by atoms with Gasteiger partial charge in [-0.15, -0.1) is 0 Å². The van der Waals surface area contributed by atoms with Gasteiger partial charge in [0.05, 0.1) is 18.7 Å². The van der Waals surface area contributed by atoms with Crippen LogP contribution in [0.1, 0.15) is 23.9 Å². The van der Waals surface area contributed by atoms with Gasteiger partial charge in [0.15, 0.2) is 0 Å². The van der Waals surface area contributed by atoms with Crippen molar-refractivity contribution < 1.29 is 9.90 Å². The summed E-state index contributed by atoms with van der Waals surface area (Å²) in [6.45, 7) is 5.46. The third-order valence-corrected chi connectivity index (χ3v) is 2.30. The SMILES string of the molecule is Cc1n[nH]c(C)c1CC(=O)N[C@H](C)CO. The number of aliphatic hydroxyl groups excluding tert-OH is 1. The number of hydrogen-bond acceptors (Lipinski definition) is 3. The van der Waals surface area contributed by atoms with Gasteiger partial charge >= 0.3 is 0 Å². The van der Waals surface area contributed by atoms with Gasteiger partial charge in [0.25, 0.3) is 0 Å². The van der Waals surface area contributed by atoms with Crippen LogP contribution in [0.3, 0.4) is 0 Å². The van der Waals surface area contributed by atoms with E-state index < -0.39 is 0 Å². The summed E-state index contributed by atoms with van der Waals surface area (Å²) in [5.74, 6) is -0.0934. The van der Waals surface area contributed by atoms with Crippen LogP contribution >= 0.6 is 0 Å². The molecule has 15 heavy (non-hydrogen) atoms. The minimum absolute atomic E-state index is 0.0465. The second kappa shape index (κ2) is 4.93. The normalized spacial score (nSPS) is 12.5. The first-order chi connectivity index (χ1) is 7.04. The van der Waals surface area contributed by atoms with Crippen molar-refractivity contribution in [3.8, 4) is 0 Å². The predicted octanol–water partition coefficient (Wildman–Crippen LogP) is 0.0660. The Hall–Kier alpha value is -1.36. The maximum Gasteiger partial charge on any atom is 0.224 e. The molecule has 1 aromatic heterocycles. The molecule has 0 aliphatic rings. The summed E-state index contributed by atoms with van der Waals surface area (Å²) in [4.78, 5) is 11.5. The Morgan fingerprint density at radius 1 is 1.60 bits per heavy atom. The number of rotatable bonds is 4. The van der Waals surface area contributed by atoms with E-state index in [4.69, 9.17) is 5.11 Å². The smallest absolute Gasteiger partial charge is 0.224 e. The average Bonchev–Trinajstić information content (AvgIpc) is 2.49. The van der Waals surface area contributed by atoms with E-state index in [9.17, 15) is 4.79 Å². The molecular weight excluding hydrogens is 194 g/mol. The van der Waals surface area contributed by atoms with Crippen molar-refractivity contribution >= 4 is 5.91 Å². The highest BCUT2D eigenvalue weighted by Gasteiger charge is 2.12. The molecule has 3 N–H and O–H groups in total. The fourth-order valence-electron chi connectivity index (χ4n) is 1.37. The Balaban J connectivity index is 2.59. The Kier molecular flexibility index (Phi) is 3.85. The van der Waals surface area contributed by atoms with Crippen molar-refractivity contribution in [2.24, 2.45) is 0 Å². The van der Waals surface area contributed by atoms with Crippen LogP contribution in [0, 0.1) is 13.8 Å². The van der Waals surface area contributed by atoms with Gasteiger partial charge in [0.2, 0.25) is 5.91 Å². The van der Waals surface area contributed by atoms with Gasteiger partial charge in [-0.1, -0.05) is 0 Å². The van der Waals surface area contributed by atoms with E-state index in [1.54, 1.807) is 6.92 Å². The first-order valence-electron chi connectivity index (χ1n) is 4.95. The zero-order valence-electron chi connectivity index (χ0n) is 9.29. The molecule has 0 radical (unpaired) electrons. The van der Waals surface area contributed by atoms with Gasteiger partial charge in [-0.05, 0) is 20.8 Å². The number of carbonyl (C=O) groups excluding carboxylic acids is 1. The Morgan fingerprint density at radius 3 is 2.73 bits per heavy atom. The number of nitrogens with one attached hydrogen (secondary N) is 2. The molecule has 1 atom stereocenters. The zero-order chi connectivity index (χ0) is 11.4. The molecule has 1 amide bonds. The van der Waals surface area contributed by atoms with Crippen molar-refractivity contribution in [2.45, 2.75) is 33.2 Å². The van der Waals surface area contributed by atoms with Crippen molar-refractivity contribution in [1.29, 1.82) is 0 Å². The van der Waals surface area contributed by atoms with Crippen LogP contribution < -0.4 is 5.32 Å². The van der Waals surface area contributed by atoms with Crippen LogP contribution in [-0.2, 0) is 11.2 Å². The predicted molar refractivity (Wildman–Crippen MR) is 56.5 cm³/mol. The highest BCUT2D eigenvalue weighted by atomic mass is 16.3. The van der Waals surface area contributed by atoms with Crippen molar-refractivity contribution in [1.82, 2.24) is 15.5 Å². The third kappa shape index (κ3) is 3.06. The summed E-state index contributed by atoms with van der Waals surface area (Å²) < 4.78 is 0. The van der Waals surface area contributed by atoms with E-state index in [0.29, 0.717) is 6.42 Å². The maximum absolute atomic E-state index is 11.5. The molecule has 0 saturated carbocycles. The molecule has 0 aliphatic carbocycles. The monoisotopic (exact) mass is 211 g/mol. The summed E-state index contributed by atoms with van der Waals surface area (Å²) in [6.07, 6.45) is 0.304. The molecule has 1 rings (SSSR count). The number of hydrogen-bond donors (Lipinski definition) is 3. The standard InChI is InChI=1S/C10H17N3O2/c1-6(5-14)11-10(15)4-9-7(2)12-13-8(9)3/h6,14H,4-5H2,1-3H3,(H,11,15)(H,12,13)/t6-/m1/s1. The minimum Gasteiger partial charge on any atom is -0.394 e. The van der Waals surface area contributed by atoms with Crippen molar-refractivity contribution in [2.75, 3.05) is 6.61 Å². The number of nitrogens with zero attached hydrogens (tertiary/aromatic N) is 1. The second-order valence-electron chi connectivity index (χ2n) is 3.74. The molecule has 1 aromatic rings. The maximum atomic E-state index is 11.5. The van der Waals surface area contributed by atoms with E-state index in [1.807, 2.05) is 13.8 Å². The van der Waals surface area contributed by atoms with Crippen LogP contribution in [0.5, 0.6) is 0 Å². The van der Waals surface area contributed by atoms with Crippen LogP contribution in [0.2, 0.25) is 0 Å². The summed E-state index contributed by atoms with van der Waals surface area (Å²) in [5.41, 5.74) is 2.69. The molecule has 0 fully saturated rings. The lowest BCUT2D eigenvalue weighted by Crippen LogP contribution is -2.36. The van der Waals surface area contributed by atoms with Crippen molar-refractivity contribution in [3.05, 3.63) is 17.0 Å². The van der Waals surface area contributed by atoms with Crippen LogP contribution in [0.15, 0.2) is 0 Å². The van der Waals surface area contributed by atoms with Crippen LogP contribution in [-0.4, -0.2) is 33.9 Å². The lowest BCUT2D eigenvalue weighted by Gasteiger charge is -2.10. The number of aliphatic hydroxyl groups is 1. The molecule has 0 saturated heterocycles. The van der Waals surface area contributed by atoms with Crippen LogP contribution in [0.4, 0.5) is 0 Å². The number of aryl methyl sites for hydroxylation is 2. The van der Waals surface area contributed by atoms with E-state index in [1.165, 1.54) is 0 Å². The summed E-state index contributed by atoms with van der Waals surface area (Å²) in [6, 6.07) is -0.204. The Bertz CT molecular complexity index is 327. The summed E-state index contributed by atoms with van der Waals surface area (Å²) in [7, 11) is 0. The highest BCUT2D eigenvalue weighted by molar-refractivity contribution is 5.79. The number of carbonyl (C=O) groups is 1. The van der Waals surface area contributed by atoms with E-state index in [2.05, 4.69) is 15.5 Å². The van der Waals surface area contributed by atoms with Crippen molar-refractivity contribution in [3.63, 3.8) is 0 Å². The number of amides is 1. The lowest BCUT2D eigenvalue weighted by molar-refractivity contribution is -0.121. The van der Waals surface area contributed by atoms with Gasteiger partial charge in [-0.25, -0.2) is 0 Å². The molecule has 5 heteroatoms. The Labute approximate surface area is 88.9 Å². The molecule has 0 unspecified atom stereocenters. The molecule has 1 heterocycles. The van der Waals surface area contributed by atoms with E-state index in [-0.39, 0.29) is 18.6 Å². The van der Waals surface area contributed by atoms with Gasteiger partial charge in [0.1, 0.15) is 0 Å². The molecule has 0 bridgehead atoms. The highest BCUT2D eigenvalue weighted by Crippen LogP contribution is 2.09. The number of H-pyrrole nitrogens is 1. The summed E-state index contributed by atoms with van der Waals surface area (Å²) in [5, 5.41) is 18.3. The molecule has 0 spiro atoms. The Morgan fingerprint density at radius 2 is 2.27 bits per heavy atom. The topological polar surface area (TPSA) is 78.0 Å². The van der Waals surface area contributed by atoms with Crippen LogP contribution in [0.25, 0.3) is 0 Å². The van der Waals surface area contributed by atoms with Gasteiger partial charge in [-0.3, -0.25) is 9.89 Å². The first-order valence-corrected chi connectivity index (χ1v) is 4.95. The quantitative estimate of drug-likeness (QED) is 0.659. The largest absolute Gasteiger partial charge is 0.394 e. The molecule has 0 aromatic carbocycles. The van der Waals surface area contributed by atoms with Gasteiger partial charge in [-0.2, -0.15) is 5.10 Å². The van der Waals surface area contributed by atoms with Gasteiger partial charge in [0, 0.05) is 17.3 Å². The fourth-order valence-corrected chi connectivity index (χ4v) is 1.37. The molecule has 84 valence electrons. The number of aromatic amines is 1.